The summed E-state index contributed by atoms with van der Waals surface area (Å²) in [4.78, 5) is 9.40. The Morgan fingerprint density at radius 1 is 0.840 bits per heavy atom. The normalized spacial score (nSPS) is 10.0. The standard InChI is InChI=1S/C17H30N.C4H5O2.BrH/c1-2-3-4-5-6-7-8-9-10-12-15-18-16-13-11-14-17-18;1-2-3-4(5)6;/h11,13-14,16-17H,2-10,12,15H2,1H3;2-3H,1H3;1H/q+1;;/p-1. The van der Waals surface area contributed by atoms with Crippen molar-refractivity contribution >= 4 is 5.97 Å². The fraction of sp³-hybridized carbons (Fsp3) is 0.619. The first-order chi connectivity index (χ1) is 11.7. The van der Waals surface area contributed by atoms with Crippen LogP contribution >= 0.6 is 0 Å². The number of allylic oxidation sites excluding steroid dienone is 1. The van der Waals surface area contributed by atoms with Gasteiger partial charge in [0.25, 0.3) is 0 Å². The number of hydrogen-bond donors (Lipinski definition) is 0. The zero-order valence-corrected chi connectivity index (χ0v) is 17.5. The lowest BCUT2D eigenvalue weighted by Gasteiger charge is -2.01. The van der Waals surface area contributed by atoms with E-state index < -0.39 is 5.97 Å². The first-order valence-corrected chi connectivity index (χ1v) is 9.48. The molecule has 1 aromatic heterocycles. The average Bonchev–Trinajstić information content (AvgIpc) is 2.58. The molecule has 3 nitrogen and oxygen atoms in total. The van der Waals surface area contributed by atoms with Gasteiger partial charge in [-0.25, -0.2) is 14.5 Å². The van der Waals surface area contributed by atoms with E-state index in [-0.39, 0.29) is 17.0 Å². The molecule has 0 N–H and O–H groups in total. The third-order valence-corrected chi connectivity index (χ3v) is 3.85. The van der Waals surface area contributed by atoms with Crippen LogP contribution in [0.3, 0.4) is 0 Å². The molecule has 1 heterocycles. The Balaban J connectivity index is 0. The molecule has 1 aromatic rings. The zero-order chi connectivity index (χ0) is 17.9. The van der Waals surface area contributed by atoms with Gasteiger partial charge in [0.1, 0.15) is 6.54 Å². The van der Waals surface area contributed by atoms with Gasteiger partial charge in [-0.2, -0.15) is 0 Å². The maximum Gasteiger partial charge on any atom is 0.378 e. The van der Waals surface area contributed by atoms with Gasteiger partial charge in [-0.3, -0.25) is 0 Å². The van der Waals surface area contributed by atoms with Crippen LogP contribution in [-0.4, -0.2) is 5.97 Å². The van der Waals surface area contributed by atoms with Crippen LogP contribution < -0.4 is 21.5 Å². The van der Waals surface area contributed by atoms with Gasteiger partial charge in [-0.15, -0.1) is 0 Å². The van der Waals surface area contributed by atoms with Crippen molar-refractivity contribution in [2.45, 2.75) is 84.6 Å². The minimum absolute atomic E-state index is 0. The van der Waals surface area contributed by atoms with Crippen LogP contribution in [0.4, 0.5) is 0 Å². The van der Waals surface area contributed by atoms with Crippen LogP contribution in [0.5, 0.6) is 0 Å². The Kier molecular flexibility index (Phi) is 21.8. The molecule has 1 rings (SSSR count). The summed E-state index contributed by atoms with van der Waals surface area (Å²) in [5.41, 5.74) is 0. The molecule has 0 atom stereocenters. The van der Waals surface area contributed by atoms with E-state index in [4.69, 9.17) is 0 Å². The molecular formula is C21H35BrNO2. The molecule has 0 fully saturated rings. The number of unbranched alkanes of at least 4 members (excludes halogenated alkanes) is 9. The van der Waals surface area contributed by atoms with Crippen molar-refractivity contribution in [3.63, 3.8) is 0 Å². The largest absolute Gasteiger partial charge is 1.00 e. The first-order valence-electron chi connectivity index (χ1n) is 9.48. The molecule has 4 heteroatoms. The van der Waals surface area contributed by atoms with E-state index in [9.17, 15) is 9.90 Å². The highest BCUT2D eigenvalue weighted by atomic mass is 79.9. The monoisotopic (exact) mass is 412 g/mol. The van der Waals surface area contributed by atoms with Crippen molar-refractivity contribution in [2.24, 2.45) is 0 Å². The summed E-state index contributed by atoms with van der Waals surface area (Å²) in [6, 6.07) is 6.29. The maximum atomic E-state index is 9.40. The highest BCUT2D eigenvalue weighted by Crippen LogP contribution is 2.10. The molecular weight excluding hydrogens is 378 g/mol. The fourth-order valence-electron chi connectivity index (χ4n) is 2.50. The van der Waals surface area contributed by atoms with Crippen molar-refractivity contribution in [2.75, 3.05) is 0 Å². The minimum atomic E-state index is -1.14. The quantitative estimate of drug-likeness (QED) is 0.295. The summed E-state index contributed by atoms with van der Waals surface area (Å²) in [5, 5.41) is 9.40. The topological polar surface area (TPSA) is 40.9 Å². The van der Waals surface area contributed by atoms with E-state index in [2.05, 4.69) is 42.1 Å². The second kappa shape index (κ2) is 20.9. The van der Waals surface area contributed by atoms with Crippen molar-refractivity contribution in [1.29, 1.82) is 0 Å². The summed E-state index contributed by atoms with van der Waals surface area (Å²) in [6.45, 7) is 5.08. The molecule has 143 valence electrons. The Hall–Kier alpha value is -1.16. The molecule has 25 heavy (non-hydrogen) atoms. The molecule has 0 bridgehead atoms. The number of aromatic nitrogens is 1. The van der Waals surface area contributed by atoms with Crippen LogP contribution in [0.1, 0.15) is 78.1 Å². The van der Waals surface area contributed by atoms with E-state index in [0.717, 1.165) is 6.08 Å². The van der Waals surface area contributed by atoms with Crippen molar-refractivity contribution in [3.05, 3.63) is 42.7 Å². The SMILES string of the molecule is CC=CC([O])=O.CCCCCCCCCCCC[n+]1ccccc1.[Br-]. The lowest BCUT2D eigenvalue weighted by atomic mass is 10.1. The Morgan fingerprint density at radius 3 is 1.72 bits per heavy atom. The van der Waals surface area contributed by atoms with E-state index in [1.165, 1.54) is 76.8 Å². The summed E-state index contributed by atoms with van der Waals surface area (Å²) in [5.74, 6) is -1.14. The highest BCUT2D eigenvalue weighted by Gasteiger charge is 1.97. The number of halogens is 1. The van der Waals surface area contributed by atoms with Crippen LogP contribution in [0.25, 0.3) is 0 Å². The van der Waals surface area contributed by atoms with Gasteiger partial charge in [0.2, 0.25) is 0 Å². The lowest BCUT2D eigenvalue weighted by Crippen LogP contribution is -3.00. The fourth-order valence-corrected chi connectivity index (χ4v) is 2.50. The number of carbonyl (C=O) groups excluding carboxylic acids is 1. The van der Waals surface area contributed by atoms with Crippen LogP contribution in [0.2, 0.25) is 0 Å². The number of hydrogen-bond acceptors (Lipinski definition) is 1. The van der Waals surface area contributed by atoms with Gasteiger partial charge in [-0.05, 0) is 13.3 Å². The number of carbonyl (C=O) groups is 1. The Morgan fingerprint density at radius 2 is 1.32 bits per heavy atom. The molecule has 0 saturated heterocycles. The maximum absolute atomic E-state index is 9.40. The third-order valence-electron chi connectivity index (χ3n) is 3.85. The molecule has 0 spiro atoms. The van der Waals surface area contributed by atoms with E-state index >= 15 is 0 Å². The third kappa shape index (κ3) is 20.8. The van der Waals surface area contributed by atoms with E-state index in [1.807, 2.05) is 0 Å². The lowest BCUT2D eigenvalue weighted by molar-refractivity contribution is -0.697. The second-order valence-electron chi connectivity index (χ2n) is 6.11. The number of pyridine rings is 1. The summed E-state index contributed by atoms with van der Waals surface area (Å²) >= 11 is 0. The molecule has 0 aliphatic carbocycles. The molecule has 1 radical (unpaired) electrons. The zero-order valence-electron chi connectivity index (χ0n) is 16.0. The van der Waals surface area contributed by atoms with Gasteiger partial charge in [0.15, 0.2) is 12.4 Å². The van der Waals surface area contributed by atoms with Crippen molar-refractivity contribution in [1.82, 2.24) is 0 Å². The first kappa shape index (κ1) is 26.1. The van der Waals surface area contributed by atoms with Crippen molar-refractivity contribution in [3.8, 4) is 0 Å². The number of rotatable bonds is 12. The predicted octanol–water partition coefficient (Wildman–Crippen LogP) is 2.42. The van der Waals surface area contributed by atoms with Gasteiger partial charge >= 0.3 is 5.97 Å². The van der Waals surface area contributed by atoms with Crippen molar-refractivity contribution < 1.29 is 31.4 Å². The average molecular weight is 413 g/mol. The summed E-state index contributed by atoms with van der Waals surface area (Å²) in [6.07, 6.45) is 20.8. The van der Waals surface area contributed by atoms with Crippen LogP contribution in [-0.2, 0) is 16.4 Å². The molecule has 0 aliphatic heterocycles. The molecule has 0 aliphatic rings. The molecule has 0 amide bonds. The number of aryl methyl sites for hydroxylation is 1. The Labute approximate surface area is 164 Å². The minimum Gasteiger partial charge on any atom is -1.00 e. The van der Waals surface area contributed by atoms with Gasteiger partial charge < -0.3 is 17.0 Å². The van der Waals surface area contributed by atoms with Crippen LogP contribution in [0, 0.1) is 0 Å². The Bertz CT molecular complexity index is 421. The number of nitrogens with zero attached hydrogens (tertiary/aromatic N) is 1. The highest BCUT2D eigenvalue weighted by molar-refractivity contribution is 5.79. The molecule has 0 unspecified atom stereocenters. The summed E-state index contributed by atoms with van der Waals surface area (Å²) in [7, 11) is 0. The van der Waals surface area contributed by atoms with Gasteiger partial charge in [0, 0.05) is 24.6 Å². The predicted molar refractivity (Wildman–Crippen MR) is 99.0 cm³/mol. The van der Waals surface area contributed by atoms with Crippen LogP contribution in [0.15, 0.2) is 42.7 Å². The molecule has 0 aromatic carbocycles. The van der Waals surface area contributed by atoms with E-state index in [1.54, 1.807) is 6.92 Å². The smallest absolute Gasteiger partial charge is 0.378 e. The van der Waals surface area contributed by atoms with E-state index in [0.29, 0.717) is 0 Å². The second-order valence-corrected chi connectivity index (χ2v) is 6.11. The molecule has 0 saturated carbocycles. The summed E-state index contributed by atoms with van der Waals surface area (Å²) < 4.78 is 2.28. The van der Waals surface area contributed by atoms with Gasteiger partial charge in [-0.1, -0.05) is 70.4 Å². The van der Waals surface area contributed by atoms with Gasteiger partial charge in [0.05, 0.1) is 0 Å².